The van der Waals surface area contributed by atoms with Crippen molar-refractivity contribution in [3.63, 3.8) is 0 Å². The molecular weight excluding hydrogens is 236 g/mol. The van der Waals surface area contributed by atoms with Crippen LogP contribution in [0.25, 0.3) is 0 Å². The van der Waals surface area contributed by atoms with Crippen molar-refractivity contribution >= 4 is 0 Å². The van der Waals surface area contributed by atoms with Gasteiger partial charge in [-0.25, -0.2) is 0 Å². The molecule has 3 heteroatoms. The van der Waals surface area contributed by atoms with E-state index in [1.54, 1.807) is 7.11 Å². The van der Waals surface area contributed by atoms with Crippen LogP contribution in [0, 0.1) is 0 Å². The smallest absolute Gasteiger partial charge is 0.122 e. The molecule has 1 aromatic heterocycles. The van der Waals surface area contributed by atoms with E-state index in [-0.39, 0.29) is 0 Å². The molecule has 0 fully saturated rings. The third-order valence-electron chi connectivity index (χ3n) is 3.10. The predicted molar refractivity (Wildman–Crippen MR) is 77.5 cm³/mol. The van der Waals surface area contributed by atoms with E-state index in [0.717, 1.165) is 31.7 Å². The standard InChI is InChI=1S/C16H20N2O/c1-19-16-5-3-2-4-15(16)9-13-18-12-8-14-6-10-17-11-7-14/h2-7,10-11,18H,8-9,12-13H2,1H3. The van der Waals surface area contributed by atoms with Gasteiger partial charge in [-0.3, -0.25) is 4.98 Å². The van der Waals surface area contributed by atoms with Crippen molar-refractivity contribution in [2.45, 2.75) is 12.8 Å². The Bertz CT molecular complexity index is 485. The molecule has 0 spiro atoms. The zero-order valence-corrected chi connectivity index (χ0v) is 11.3. The number of nitrogens with one attached hydrogen (secondary N) is 1. The zero-order chi connectivity index (χ0) is 13.3. The average molecular weight is 256 g/mol. The molecule has 0 saturated carbocycles. The van der Waals surface area contributed by atoms with Crippen LogP contribution in [-0.2, 0) is 12.8 Å². The Morgan fingerprint density at radius 3 is 2.53 bits per heavy atom. The molecule has 2 aromatic rings. The topological polar surface area (TPSA) is 34.1 Å². The van der Waals surface area contributed by atoms with Crippen LogP contribution in [0.2, 0.25) is 0 Å². The summed E-state index contributed by atoms with van der Waals surface area (Å²) in [6.07, 6.45) is 5.70. The lowest BCUT2D eigenvalue weighted by atomic mass is 10.1. The van der Waals surface area contributed by atoms with Crippen LogP contribution >= 0.6 is 0 Å². The molecule has 1 N–H and O–H groups in total. The molecule has 1 aromatic carbocycles. The van der Waals surface area contributed by atoms with Crippen LogP contribution in [0.3, 0.4) is 0 Å². The predicted octanol–water partition coefficient (Wildman–Crippen LogP) is 2.47. The summed E-state index contributed by atoms with van der Waals surface area (Å²) >= 11 is 0. The Morgan fingerprint density at radius 1 is 1.00 bits per heavy atom. The highest BCUT2D eigenvalue weighted by molar-refractivity contribution is 5.33. The number of rotatable bonds is 7. The molecule has 100 valence electrons. The largest absolute Gasteiger partial charge is 0.496 e. The van der Waals surface area contributed by atoms with E-state index < -0.39 is 0 Å². The molecular formula is C16H20N2O. The third-order valence-corrected chi connectivity index (χ3v) is 3.10. The molecule has 0 aliphatic carbocycles. The molecule has 0 aliphatic rings. The van der Waals surface area contributed by atoms with Crippen LogP contribution in [0.15, 0.2) is 48.8 Å². The number of aromatic nitrogens is 1. The molecule has 0 aliphatic heterocycles. The molecule has 0 amide bonds. The Morgan fingerprint density at radius 2 is 1.74 bits per heavy atom. The van der Waals surface area contributed by atoms with Crippen LogP contribution in [0.4, 0.5) is 0 Å². The number of pyridine rings is 1. The summed E-state index contributed by atoms with van der Waals surface area (Å²) in [5.74, 6) is 0.971. The number of methoxy groups -OCH3 is 1. The summed E-state index contributed by atoms with van der Waals surface area (Å²) in [5, 5.41) is 3.46. The molecule has 0 bridgehead atoms. The number of para-hydroxylation sites is 1. The maximum Gasteiger partial charge on any atom is 0.122 e. The fourth-order valence-corrected chi connectivity index (χ4v) is 2.04. The van der Waals surface area contributed by atoms with Crippen LogP contribution in [-0.4, -0.2) is 25.2 Å². The minimum Gasteiger partial charge on any atom is -0.496 e. The maximum atomic E-state index is 5.34. The van der Waals surface area contributed by atoms with Crippen molar-refractivity contribution in [2.75, 3.05) is 20.2 Å². The Labute approximate surface area is 114 Å². The van der Waals surface area contributed by atoms with Crippen molar-refractivity contribution in [2.24, 2.45) is 0 Å². The second-order valence-electron chi connectivity index (χ2n) is 4.42. The van der Waals surface area contributed by atoms with Gasteiger partial charge in [0, 0.05) is 12.4 Å². The quantitative estimate of drug-likeness (QED) is 0.773. The number of nitrogens with zero attached hydrogens (tertiary/aromatic N) is 1. The van der Waals surface area contributed by atoms with E-state index in [0.29, 0.717) is 0 Å². The summed E-state index contributed by atoms with van der Waals surface area (Å²) in [6.45, 7) is 1.95. The minimum absolute atomic E-state index is 0.964. The second-order valence-corrected chi connectivity index (χ2v) is 4.42. The van der Waals surface area contributed by atoms with Gasteiger partial charge >= 0.3 is 0 Å². The van der Waals surface area contributed by atoms with Gasteiger partial charge in [0.25, 0.3) is 0 Å². The fraction of sp³-hybridized carbons (Fsp3) is 0.312. The number of hydrogen-bond acceptors (Lipinski definition) is 3. The van der Waals surface area contributed by atoms with Gasteiger partial charge < -0.3 is 10.1 Å². The fourth-order valence-electron chi connectivity index (χ4n) is 2.04. The van der Waals surface area contributed by atoms with Gasteiger partial charge in [-0.2, -0.15) is 0 Å². The van der Waals surface area contributed by atoms with Gasteiger partial charge in [0.1, 0.15) is 5.75 Å². The maximum absolute atomic E-state index is 5.34. The molecule has 0 atom stereocenters. The lowest BCUT2D eigenvalue weighted by molar-refractivity contribution is 0.409. The van der Waals surface area contributed by atoms with E-state index in [1.165, 1.54) is 11.1 Å². The Balaban J connectivity index is 1.69. The SMILES string of the molecule is COc1ccccc1CCNCCc1ccncc1. The number of benzene rings is 1. The molecule has 19 heavy (non-hydrogen) atoms. The van der Waals surface area contributed by atoms with Gasteiger partial charge in [0.2, 0.25) is 0 Å². The van der Waals surface area contributed by atoms with Crippen molar-refractivity contribution < 1.29 is 4.74 Å². The van der Waals surface area contributed by atoms with Crippen LogP contribution in [0.1, 0.15) is 11.1 Å². The molecule has 0 saturated heterocycles. The van der Waals surface area contributed by atoms with Crippen molar-refractivity contribution in [3.05, 3.63) is 59.9 Å². The highest BCUT2D eigenvalue weighted by Gasteiger charge is 2.00. The summed E-state index contributed by atoms with van der Waals surface area (Å²) < 4.78 is 5.34. The lowest BCUT2D eigenvalue weighted by Gasteiger charge is -2.09. The molecule has 0 unspecified atom stereocenters. The van der Waals surface area contributed by atoms with E-state index in [2.05, 4.69) is 34.6 Å². The molecule has 3 nitrogen and oxygen atoms in total. The average Bonchev–Trinajstić information content (AvgIpc) is 2.48. The minimum atomic E-state index is 0.964. The molecule has 0 radical (unpaired) electrons. The molecule has 1 heterocycles. The van der Waals surface area contributed by atoms with Crippen molar-refractivity contribution in [3.8, 4) is 5.75 Å². The summed E-state index contributed by atoms with van der Waals surface area (Å²) in [7, 11) is 1.72. The first-order valence-electron chi connectivity index (χ1n) is 6.61. The monoisotopic (exact) mass is 256 g/mol. The summed E-state index contributed by atoms with van der Waals surface area (Å²) in [6, 6.07) is 12.3. The summed E-state index contributed by atoms with van der Waals surface area (Å²) in [5.41, 5.74) is 2.57. The first kappa shape index (κ1) is 13.6. The molecule has 2 rings (SSSR count). The number of ether oxygens (including phenoxy) is 1. The van der Waals surface area contributed by atoms with Crippen molar-refractivity contribution in [1.82, 2.24) is 10.3 Å². The Kier molecular flexibility index (Phi) is 5.38. The summed E-state index contributed by atoms with van der Waals surface area (Å²) in [4.78, 5) is 4.01. The van der Waals surface area contributed by atoms with Crippen molar-refractivity contribution in [1.29, 1.82) is 0 Å². The van der Waals surface area contributed by atoms with Crippen LogP contribution < -0.4 is 10.1 Å². The van der Waals surface area contributed by atoms with Gasteiger partial charge in [-0.1, -0.05) is 18.2 Å². The van der Waals surface area contributed by atoms with E-state index in [9.17, 15) is 0 Å². The van der Waals surface area contributed by atoms with E-state index in [1.807, 2.05) is 24.5 Å². The first-order chi connectivity index (χ1) is 9.40. The van der Waals surface area contributed by atoms with Gasteiger partial charge in [-0.15, -0.1) is 0 Å². The highest BCUT2D eigenvalue weighted by Crippen LogP contribution is 2.17. The van der Waals surface area contributed by atoms with E-state index in [4.69, 9.17) is 4.74 Å². The number of hydrogen-bond donors (Lipinski definition) is 1. The Hall–Kier alpha value is -1.87. The normalized spacial score (nSPS) is 10.4. The highest BCUT2D eigenvalue weighted by atomic mass is 16.5. The van der Waals surface area contributed by atoms with Gasteiger partial charge in [-0.05, 0) is 55.3 Å². The zero-order valence-electron chi connectivity index (χ0n) is 11.3. The lowest BCUT2D eigenvalue weighted by Crippen LogP contribution is -2.20. The van der Waals surface area contributed by atoms with E-state index >= 15 is 0 Å². The second kappa shape index (κ2) is 7.54. The van der Waals surface area contributed by atoms with Gasteiger partial charge in [0.15, 0.2) is 0 Å². The first-order valence-corrected chi connectivity index (χ1v) is 6.61. The third kappa shape index (κ3) is 4.38. The van der Waals surface area contributed by atoms with Crippen LogP contribution in [0.5, 0.6) is 5.75 Å². The van der Waals surface area contributed by atoms with Gasteiger partial charge in [0.05, 0.1) is 7.11 Å².